The third-order valence-corrected chi connectivity index (χ3v) is 4.87. The monoisotopic (exact) mass is 319 g/mol. The standard InChI is InChI=1S/C16H17NO4S/c1-17(13-6-4-3-5-7-13)16(18)12-22(19,20)15-10-8-14(21-2)9-11-15/h3-11H,12H2,1-2H3. The molecular weight excluding hydrogens is 302 g/mol. The van der Waals surface area contributed by atoms with Gasteiger partial charge in [-0.3, -0.25) is 4.79 Å². The van der Waals surface area contributed by atoms with Crippen molar-refractivity contribution in [2.75, 3.05) is 24.8 Å². The van der Waals surface area contributed by atoms with Crippen molar-refractivity contribution in [3.63, 3.8) is 0 Å². The van der Waals surface area contributed by atoms with Crippen molar-refractivity contribution in [3.8, 4) is 5.75 Å². The number of carbonyl (C=O) groups is 1. The van der Waals surface area contributed by atoms with Gasteiger partial charge in [0.05, 0.1) is 12.0 Å². The van der Waals surface area contributed by atoms with E-state index < -0.39 is 21.5 Å². The number of methoxy groups -OCH3 is 1. The summed E-state index contributed by atoms with van der Waals surface area (Å²) in [4.78, 5) is 13.6. The van der Waals surface area contributed by atoms with Gasteiger partial charge in [0.1, 0.15) is 11.5 Å². The molecule has 0 aliphatic heterocycles. The van der Waals surface area contributed by atoms with E-state index >= 15 is 0 Å². The summed E-state index contributed by atoms with van der Waals surface area (Å²) in [5.41, 5.74) is 0.650. The molecule has 6 heteroatoms. The summed E-state index contributed by atoms with van der Waals surface area (Å²) in [7, 11) is -0.626. The number of hydrogen-bond donors (Lipinski definition) is 0. The van der Waals surface area contributed by atoms with Crippen LogP contribution < -0.4 is 9.64 Å². The molecule has 0 aliphatic rings. The van der Waals surface area contributed by atoms with Gasteiger partial charge in [0.2, 0.25) is 5.91 Å². The van der Waals surface area contributed by atoms with Crippen molar-refractivity contribution >= 4 is 21.4 Å². The van der Waals surface area contributed by atoms with E-state index in [2.05, 4.69) is 0 Å². The average Bonchev–Trinajstić information content (AvgIpc) is 2.54. The first-order valence-electron chi connectivity index (χ1n) is 6.62. The number of anilines is 1. The van der Waals surface area contributed by atoms with Crippen LogP contribution in [0, 0.1) is 0 Å². The maximum absolute atomic E-state index is 12.3. The van der Waals surface area contributed by atoms with Crippen LogP contribution in [0.3, 0.4) is 0 Å². The van der Waals surface area contributed by atoms with Crippen LogP contribution in [0.15, 0.2) is 59.5 Å². The third kappa shape index (κ3) is 3.65. The van der Waals surface area contributed by atoms with Crippen LogP contribution in [0.2, 0.25) is 0 Å². The van der Waals surface area contributed by atoms with Gasteiger partial charge in [-0.25, -0.2) is 8.42 Å². The zero-order valence-corrected chi connectivity index (χ0v) is 13.2. The van der Waals surface area contributed by atoms with Crippen molar-refractivity contribution in [2.24, 2.45) is 0 Å². The van der Waals surface area contributed by atoms with E-state index in [1.807, 2.05) is 6.07 Å². The third-order valence-electron chi connectivity index (χ3n) is 3.25. The molecule has 116 valence electrons. The van der Waals surface area contributed by atoms with E-state index in [1.165, 1.54) is 24.1 Å². The first-order valence-corrected chi connectivity index (χ1v) is 8.27. The van der Waals surface area contributed by atoms with Crippen molar-refractivity contribution in [2.45, 2.75) is 4.90 Å². The molecule has 2 aromatic rings. The summed E-state index contributed by atoms with van der Waals surface area (Å²) in [6.07, 6.45) is 0. The Morgan fingerprint density at radius 2 is 1.64 bits per heavy atom. The zero-order chi connectivity index (χ0) is 16.2. The van der Waals surface area contributed by atoms with Crippen LogP contribution in [0.4, 0.5) is 5.69 Å². The van der Waals surface area contributed by atoms with Gasteiger partial charge in [0, 0.05) is 12.7 Å². The van der Waals surface area contributed by atoms with E-state index in [9.17, 15) is 13.2 Å². The van der Waals surface area contributed by atoms with Gasteiger partial charge in [-0.15, -0.1) is 0 Å². The second-order valence-corrected chi connectivity index (χ2v) is 6.71. The van der Waals surface area contributed by atoms with Crippen molar-refractivity contribution in [1.29, 1.82) is 0 Å². The lowest BCUT2D eigenvalue weighted by Crippen LogP contribution is -2.32. The Kier molecular flexibility index (Phi) is 4.82. The van der Waals surface area contributed by atoms with Crippen LogP contribution in [-0.2, 0) is 14.6 Å². The predicted molar refractivity (Wildman–Crippen MR) is 84.9 cm³/mol. The lowest BCUT2D eigenvalue weighted by molar-refractivity contribution is -0.115. The van der Waals surface area contributed by atoms with Crippen molar-refractivity contribution in [3.05, 3.63) is 54.6 Å². The first-order chi connectivity index (χ1) is 10.4. The van der Waals surface area contributed by atoms with E-state index in [1.54, 1.807) is 43.4 Å². The molecule has 0 unspecified atom stereocenters. The smallest absolute Gasteiger partial charge is 0.242 e. The summed E-state index contributed by atoms with van der Waals surface area (Å²) in [5.74, 6) is -0.501. The fourth-order valence-electron chi connectivity index (χ4n) is 1.92. The minimum atomic E-state index is -3.68. The number of rotatable bonds is 5. The van der Waals surface area contributed by atoms with E-state index in [0.29, 0.717) is 11.4 Å². The number of para-hydroxylation sites is 1. The molecule has 5 nitrogen and oxygen atoms in total. The van der Waals surface area contributed by atoms with Gasteiger partial charge in [-0.1, -0.05) is 18.2 Å². The van der Waals surface area contributed by atoms with E-state index in [0.717, 1.165) is 0 Å². The fraction of sp³-hybridized carbons (Fsp3) is 0.188. The summed E-state index contributed by atoms with van der Waals surface area (Å²) >= 11 is 0. The van der Waals surface area contributed by atoms with Gasteiger partial charge < -0.3 is 9.64 Å². The zero-order valence-electron chi connectivity index (χ0n) is 12.4. The number of carbonyl (C=O) groups excluding carboxylic acids is 1. The number of nitrogens with zero attached hydrogens (tertiary/aromatic N) is 1. The van der Waals surface area contributed by atoms with Crippen molar-refractivity contribution in [1.82, 2.24) is 0 Å². The number of sulfone groups is 1. The highest BCUT2D eigenvalue weighted by Gasteiger charge is 2.22. The molecule has 0 spiro atoms. The summed E-state index contributed by atoms with van der Waals surface area (Å²) in [6, 6.07) is 14.9. The van der Waals surface area contributed by atoms with Gasteiger partial charge in [-0.2, -0.15) is 0 Å². The Labute approximate surface area is 130 Å². The normalized spacial score (nSPS) is 11.0. The maximum Gasteiger partial charge on any atom is 0.242 e. The summed E-state index contributed by atoms with van der Waals surface area (Å²) < 4.78 is 29.6. The van der Waals surface area contributed by atoms with E-state index in [-0.39, 0.29) is 4.90 Å². The lowest BCUT2D eigenvalue weighted by atomic mass is 10.3. The molecule has 0 bridgehead atoms. The lowest BCUT2D eigenvalue weighted by Gasteiger charge is -2.17. The molecule has 0 atom stereocenters. The Bertz CT molecular complexity index is 739. The maximum atomic E-state index is 12.3. The largest absolute Gasteiger partial charge is 0.497 e. The number of hydrogen-bond acceptors (Lipinski definition) is 4. The number of benzene rings is 2. The van der Waals surface area contributed by atoms with Gasteiger partial charge in [0.25, 0.3) is 0 Å². The molecule has 0 N–H and O–H groups in total. The molecular formula is C16H17NO4S. The summed E-state index contributed by atoms with van der Waals surface area (Å²) in [6.45, 7) is 0. The van der Waals surface area contributed by atoms with Gasteiger partial charge >= 0.3 is 0 Å². The van der Waals surface area contributed by atoms with Crippen LogP contribution in [0.25, 0.3) is 0 Å². The Hall–Kier alpha value is -2.34. The number of amides is 1. The average molecular weight is 319 g/mol. The molecule has 0 fully saturated rings. The Morgan fingerprint density at radius 1 is 1.05 bits per heavy atom. The van der Waals surface area contributed by atoms with Crippen LogP contribution in [0.1, 0.15) is 0 Å². The minimum Gasteiger partial charge on any atom is -0.497 e. The van der Waals surface area contributed by atoms with Crippen molar-refractivity contribution < 1.29 is 17.9 Å². The van der Waals surface area contributed by atoms with Crippen LogP contribution >= 0.6 is 0 Å². The van der Waals surface area contributed by atoms with Crippen LogP contribution in [-0.4, -0.2) is 34.2 Å². The Morgan fingerprint density at radius 3 is 2.18 bits per heavy atom. The molecule has 0 saturated carbocycles. The second kappa shape index (κ2) is 6.62. The topological polar surface area (TPSA) is 63.7 Å². The second-order valence-electron chi connectivity index (χ2n) is 4.72. The molecule has 0 aromatic heterocycles. The summed E-state index contributed by atoms with van der Waals surface area (Å²) in [5, 5.41) is 0. The SMILES string of the molecule is COc1ccc(S(=O)(=O)CC(=O)N(C)c2ccccc2)cc1. The molecule has 0 heterocycles. The highest BCUT2D eigenvalue weighted by atomic mass is 32.2. The van der Waals surface area contributed by atoms with Gasteiger partial charge in [0.15, 0.2) is 9.84 Å². The minimum absolute atomic E-state index is 0.100. The first kappa shape index (κ1) is 16.0. The van der Waals surface area contributed by atoms with Gasteiger partial charge in [-0.05, 0) is 36.4 Å². The molecule has 22 heavy (non-hydrogen) atoms. The predicted octanol–water partition coefficient (Wildman–Crippen LogP) is 2.13. The Balaban J connectivity index is 2.15. The molecule has 2 rings (SSSR count). The quantitative estimate of drug-likeness (QED) is 0.847. The molecule has 0 aliphatic carbocycles. The van der Waals surface area contributed by atoms with E-state index in [4.69, 9.17) is 4.74 Å². The molecule has 2 aromatic carbocycles. The number of ether oxygens (including phenoxy) is 1. The van der Waals surface area contributed by atoms with Crippen LogP contribution in [0.5, 0.6) is 5.75 Å². The molecule has 0 saturated heterocycles. The highest BCUT2D eigenvalue weighted by molar-refractivity contribution is 7.92. The fourth-order valence-corrected chi connectivity index (χ4v) is 3.16. The highest BCUT2D eigenvalue weighted by Crippen LogP contribution is 2.18. The molecule has 1 amide bonds. The molecule has 0 radical (unpaired) electrons.